The molecule has 0 spiro atoms. The molecule has 0 aromatic heterocycles. The van der Waals surface area contributed by atoms with Gasteiger partial charge >= 0.3 is 0 Å². The molecule has 2 N–H and O–H groups in total. The van der Waals surface area contributed by atoms with Gasteiger partial charge in [0, 0.05) is 24.7 Å². The molecule has 1 aliphatic heterocycles. The minimum absolute atomic E-state index is 0.176. The number of hydrogen-bond acceptors (Lipinski definition) is 3. The fourth-order valence-corrected chi connectivity index (χ4v) is 3.78. The number of nitrogens with two attached hydrogens (primary N) is 1. The van der Waals surface area contributed by atoms with Gasteiger partial charge in [-0.25, -0.2) is 0 Å². The second-order valence-corrected chi connectivity index (χ2v) is 7.20. The average molecular weight is 268 g/mol. The topological polar surface area (TPSA) is 38.5 Å². The van der Waals surface area contributed by atoms with Crippen molar-refractivity contribution in [1.82, 2.24) is 4.90 Å². The normalized spacial score (nSPS) is 36.3. The predicted molar refractivity (Wildman–Crippen MR) is 80.2 cm³/mol. The summed E-state index contributed by atoms with van der Waals surface area (Å²) in [4.78, 5) is 2.61. The van der Waals surface area contributed by atoms with Crippen LogP contribution in [0, 0.1) is 11.8 Å². The Labute approximate surface area is 118 Å². The number of nitrogens with zero attached hydrogens (tertiary/aromatic N) is 1. The zero-order valence-electron chi connectivity index (χ0n) is 13.0. The van der Waals surface area contributed by atoms with E-state index in [0.29, 0.717) is 12.0 Å². The fraction of sp³-hybridized carbons (Fsp3) is 1.00. The van der Waals surface area contributed by atoms with Gasteiger partial charge in [0.15, 0.2) is 0 Å². The molecular formula is C16H32N2O. The molecule has 19 heavy (non-hydrogen) atoms. The number of ether oxygens (including phenoxy) is 1. The third kappa shape index (κ3) is 3.93. The molecule has 2 fully saturated rings. The van der Waals surface area contributed by atoms with Crippen LogP contribution >= 0.6 is 0 Å². The molecule has 3 heteroatoms. The Morgan fingerprint density at radius 3 is 2.79 bits per heavy atom. The van der Waals surface area contributed by atoms with E-state index in [1.54, 1.807) is 0 Å². The molecule has 1 saturated carbocycles. The Kier molecular flexibility index (Phi) is 5.27. The summed E-state index contributed by atoms with van der Waals surface area (Å²) in [5.74, 6) is 1.60. The Hall–Kier alpha value is -0.120. The van der Waals surface area contributed by atoms with E-state index in [9.17, 15) is 0 Å². The van der Waals surface area contributed by atoms with E-state index in [-0.39, 0.29) is 5.54 Å². The molecule has 2 aliphatic rings. The van der Waals surface area contributed by atoms with E-state index in [0.717, 1.165) is 32.2 Å². The minimum Gasteiger partial charge on any atom is -0.378 e. The van der Waals surface area contributed by atoms with Gasteiger partial charge < -0.3 is 10.5 Å². The Bertz CT molecular complexity index is 280. The molecule has 1 aliphatic carbocycles. The molecule has 1 heterocycles. The number of morpholine rings is 1. The SMILES string of the molecule is CCCC1CCC(N)C(CN2CCOCC2(C)C)C1. The monoisotopic (exact) mass is 268 g/mol. The van der Waals surface area contributed by atoms with E-state index < -0.39 is 0 Å². The van der Waals surface area contributed by atoms with Crippen LogP contribution in [-0.4, -0.2) is 42.8 Å². The molecule has 0 radical (unpaired) electrons. The van der Waals surface area contributed by atoms with Crippen molar-refractivity contribution in [3.05, 3.63) is 0 Å². The first-order valence-electron chi connectivity index (χ1n) is 8.11. The number of rotatable bonds is 4. The van der Waals surface area contributed by atoms with Gasteiger partial charge in [0.1, 0.15) is 0 Å². The third-order valence-electron chi connectivity index (χ3n) is 5.12. The molecule has 0 aromatic rings. The van der Waals surface area contributed by atoms with Crippen LogP contribution in [0.25, 0.3) is 0 Å². The van der Waals surface area contributed by atoms with Gasteiger partial charge in [-0.3, -0.25) is 4.90 Å². The van der Waals surface area contributed by atoms with Crippen molar-refractivity contribution in [1.29, 1.82) is 0 Å². The highest BCUT2D eigenvalue weighted by Gasteiger charge is 2.35. The molecule has 3 nitrogen and oxygen atoms in total. The fourth-order valence-electron chi connectivity index (χ4n) is 3.78. The van der Waals surface area contributed by atoms with E-state index >= 15 is 0 Å². The van der Waals surface area contributed by atoms with E-state index in [1.165, 1.54) is 32.1 Å². The molecular weight excluding hydrogens is 236 g/mol. The van der Waals surface area contributed by atoms with Crippen LogP contribution in [0.3, 0.4) is 0 Å². The van der Waals surface area contributed by atoms with Crippen LogP contribution in [0.1, 0.15) is 52.9 Å². The second-order valence-electron chi connectivity index (χ2n) is 7.20. The van der Waals surface area contributed by atoms with Crippen molar-refractivity contribution in [2.24, 2.45) is 17.6 Å². The first-order chi connectivity index (χ1) is 9.03. The maximum atomic E-state index is 6.39. The summed E-state index contributed by atoms with van der Waals surface area (Å²) in [6.07, 6.45) is 6.60. The maximum absolute atomic E-state index is 6.39. The van der Waals surface area contributed by atoms with Gasteiger partial charge in [0.2, 0.25) is 0 Å². The Morgan fingerprint density at radius 2 is 2.11 bits per heavy atom. The van der Waals surface area contributed by atoms with E-state index in [4.69, 9.17) is 10.5 Å². The minimum atomic E-state index is 0.176. The van der Waals surface area contributed by atoms with Crippen LogP contribution < -0.4 is 5.73 Å². The summed E-state index contributed by atoms with van der Waals surface area (Å²) in [6.45, 7) is 10.9. The van der Waals surface area contributed by atoms with Gasteiger partial charge in [-0.2, -0.15) is 0 Å². The Balaban J connectivity index is 1.92. The number of hydrogen-bond donors (Lipinski definition) is 1. The lowest BCUT2D eigenvalue weighted by atomic mass is 9.76. The lowest BCUT2D eigenvalue weighted by molar-refractivity contribution is -0.0616. The molecule has 0 bridgehead atoms. The van der Waals surface area contributed by atoms with Crippen LogP contribution in [0.15, 0.2) is 0 Å². The van der Waals surface area contributed by atoms with Gasteiger partial charge in [0.25, 0.3) is 0 Å². The van der Waals surface area contributed by atoms with Gasteiger partial charge in [-0.15, -0.1) is 0 Å². The molecule has 3 atom stereocenters. The quantitative estimate of drug-likeness (QED) is 0.852. The molecule has 112 valence electrons. The summed E-state index contributed by atoms with van der Waals surface area (Å²) < 4.78 is 5.62. The van der Waals surface area contributed by atoms with Crippen molar-refractivity contribution in [3.63, 3.8) is 0 Å². The summed E-state index contributed by atoms with van der Waals surface area (Å²) in [6, 6.07) is 0.409. The lowest BCUT2D eigenvalue weighted by Crippen LogP contribution is -2.56. The highest BCUT2D eigenvalue weighted by Crippen LogP contribution is 2.33. The molecule has 0 amide bonds. The zero-order valence-corrected chi connectivity index (χ0v) is 13.0. The summed E-state index contributed by atoms with van der Waals surface area (Å²) in [5, 5.41) is 0. The van der Waals surface area contributed by atoms with Crippen LogP contribution in [0.5, 0.6) is 0 Å². The predicted octanol–water partition coefficient (Wildman–Crippen LogP) is 2.64. The van der Waals surface area contributed by atoms with Crippen LogP contribution in [0.2, 0.25) is 0 Å². The van der Waals surface area contributed by atoms with Crippen molar-refractivity contribution in [3.8, 4) is 0 Å². The van der Waals surface area contributed by atoms with Crippen molar-refractivity contribution >= 4 is 0 Å². The highest BCUT2D eigenvalue weighted by molar-refractivity contribution is 4.90. The molecule has 2 rings (SSSR count). The standard InChI is InChI=1S/C16H32N2O/c1-4-5-13-6-7-15(17)14(10-13)11-18-8-9-19-12-16(18,2)3/h13-15H,4-12,17H2,1-3H3. The van der Waals surface area contributed by atoms with Crippen molar-refractivity contribution < 1.29 is 4.74 Å². The first kappa shape index (κ1) is 15.3. The van der Waals surface area contributed by atoms with Crippen LogP contribution in [-0.2, 0) is 4.74 Å². The van der Waals surface area contributed by atoms with E-state index in [2.05, 4.69) is 25.7 Å². The van der Waals surface area contributed by atoms with Crippen molar-refractivity contribution in [2.75, 3.05) is 26.3 Å². The molecule has 1 saturated heterocycles. The van der Waals surface area contributed by atoms with Gasteiger partial charge in [-0.05, 0) is 44.9 Å². The average Bonchev–Trinajstić information content (AvgIpc) is 2.36. The van der Waals surface area contributed by atoms with Gasteiger partial charge in [-0.1, -0.05) is 19.8 Å². The van der Waals surface area contributed by atoms with Crippen molar-refractivity contribution in [2.45, 2.75) is 64.5 Å². The van der Waals surface area contributed by atoms with Crippen LogP contribution in [0.4, 0.5) is 0 Å². The van der Waals surface area contributed by atoms with E-state index in [1.807, 2.05) is 0 Å². The zero-order chi connectivity index (χ0) is 13.9. The molecule has 0 aromatic carbocycles. The summed E-state index contributed by atoms with van der Waals surface area (Å²) in [7, 11) is 0. The largest absolute Gasteiger partial charge is 0.378 e. The highest BCUT2D eigenvalue weighted by atomic mass is 16.5. The third-order valence-corrected chi connectivity index (χ3v) is 5.12. The lowest BCUT2D eigenvalue weighted by Gasteiger charge is -2.46. The second kappa shape index (κ2) is 6.55. The molecule has 3 unspecified atom stereocenters. The summed E-state index contributed by atoms with van der Waals surface area (Å²) >= 11 is 0. The maximum Gasteiger partial charge on any atom is 0.0645 e. The van der Waals surface area contributed by atoms with Gasteiger partial charge in [0.05, 0.1) is 13.2 Å². The Morgan fingerprint density at radius 1 is 1.32 bits per heavy atom. The summed E-state index contributed by atoms with van der Waals surface area (Å²) in [5.41, 5.74) is 6.56. The smallest absolute Gasteiger partial charge is 0.0645 e. The first-order valence-corrected chi connectivity index (χ1v) is 8.11.